The maximum absolute atomic E-state index is 14.3. The van der Waals surface area contributed by atoms with Gasteiger partial charge in [0.1, 0.15) is 17.2 Å². The van der Waals surface area contributed by atoms with Gasteiger partial charge in [0, 0.05) is 12.0 Å². The Bertz CT molecular complexity index is 800. The van der Waals surface area contributed by atoms with Crippen LogP contribution in [0.5, 0.6) is 0 Å². The molecular weight excluding hydrogens is 368 g/mol. The molecule has 1 N–H and O–H groups in total. The van der Waals surface area contributed by atoms with Crippen molar-refractivity contribution in [1.29, 1.82) is 0 Å². The molecule has 0 saturated heterocycles. The zero-order valence-electron chi connectivity index (χ0n) is 14.7. The number of hydroxylamine groups is 1. The van der Waals surface area contributed by atoms with E-state index in [9.17, 15) is 22.0 Å². The van der Waals surface area contributed by atoms with E-state index in [1.54, 1.807) is 20.8 Å². The van der Waals surface area contributed by atoms with E-state index in [1.165, 1.54) is 6.08 Å². The monoisotopic (exact) mass is 389 g/mol. The molecule has 144 valence electrons. The van der Waals surface area contributed by atoms with Crippen molar-refractivity contribution in [3.8, 4) is 0 Å². The summed E-state index contributed by atoms with van der Waals surface area (Å²) in [6, 6.07) is 3.09. The summed E-state index contributed by atoms with van der Waals surface area (Å²) in [5.74, 6) is -2.64. The number of rotatable bonds is 7. The third-order valence-electron chi connectivity index (χ3n) is 3.81. The van der Waals surface area contributed by atoms with Gasteiger partial charge in [0.2, 0.25) is 9.84 Å². The van der Waals surface area contributed by atoms with Crippen molar-refractivity contribution >= 4 is 15.8 Å². The van der Waals surface area contributed by atoms with Gasteiger partial charge in [-0.15, -0.1) is 0 Å². The first-order valence-corrected chi connectivity index (χ1v) is 9.63. The van der Waals surface area contributed by atoms with Crippen molar-refractivity contribution in [3.05, 3.63) is 46.5 Å². The molecule has 0 bridgehead atoms. The normalized spacial score (nSPS) is 17.3. The zero-order chi connectivity index (χ0) is 19.5. The summed E-state index contributed by atoms with van der Waals surface area (Å²) < 4.78 is 59.3. The van der Waals surface area contributed by atoms with E-state index in [0.717, 1.165) is 18.2 Å². The second-order valence-electron chi connectivity index (χ2n) is 6.33. The molecule has 9 heteroatoms. The first-order valence-electron chi connectivity index (χ1n) is 8.09. The Morgan fingerprint density at radius 2 is 1.92 bits per heavy atom. The molecule has 1 heterocycles. The van der Waals surface area contributed by atoms with Crippen molar-refractivity contribution in [1.82, 2.24) is 5.48 Å². The van der Waals surface area contributed by atoms with E-state index in [0.29, 0.717) is 0 Å². The Hall–Kier alpha value is -2.00. The Morgan fingerprint density at radius 3 is 2.42 bits per heavy atom. The second kappa shape index (κ2) is 7.71. The van der Waals surface area contributed by atoms with Crippen molar-refractivity contribution in [3.63, 3.8) is 0 Å². The number of hydrogen-bond acceptors (Lipinski definition) is 6. The molecular formula is C17H21F2NO5S. The molecule has 2 rings (SSSR count). The number of ether oxygens (including phenoxy) is 1. The van der Waals surface area contributed by atoms with Crippen LogP contribution in [-0.4, -0.2) is 26.6 Å². The Kier molecular flexibility index (Phi) is 6.02. The van der Waals surface area contributed by atoms with Crippen LogP contribution in [0.4, 0.5) is 8.78 Å². The topological polar surface area (TPSA) is 81.7 Å². The number of nitrogens with one attached hydrogen (secondary N) is 1. The van der Waals surface area contributed by atoms with Gasteiger partial charge in [-0.25, -0.2) is 17.2 Å². The average Bonchev–Trinajstić information content (AvgIpc) is 2.91. The molecule has 0 radical (unpaired) electrons. The van der Waals surface area contributed by atoms with Gasteiger partial charge >= 0.3 is 5.97 Å². The standard InChI is InChI=1S/C17H21F2NO5S/c1-4-24-15(21)9-8-13(16-11(18)6-5-7-12(16)19)26(22,23)14-10-17(2,3)25-20-14/h5-7,10,13,20H,4,8-9H2,1-3H3. The quantitative estimate of drug-likeness (QED) is 0.722. The summed E-state index contributed by atoms with van der Waals surface area (Å²) >= 11 is 0. The SMILES string of the molecule is CCOC(=O)CCC(c1c(F)cccc1F)S(=O)(=O)C1=CC(C)(C)ON1. The smallest absolute Gasteiger partial charge is 0.305 e. The number of sulfone groups is 1. The largest absolute Gasteiger partial charge is 0.466 e. The number of carbonyl (C=O) groups excluding carboxylic acids is 1. The fraction of sp³-hybridized carbons (Fsp3) is 0.471. The van der Waals surface area contributed by atoms with Crippen LogP contribution in [0.3, 0.4) is 0 Å². The van der Waals surface area contributed by atoms with Gasteiger partial charge < -0.3 is 4.74 Å². The Morgan fingerprint density at radius 1 is 1.31 bits per heavy atom. The van der Waals surface area contributed by atoms with Crippen molar-refractivity contribution in [2.24, 2.45) is 0 Å². The van der Waals surface area contributed by atoms with Crippen LogP contribution in [0, 0.1) is 11.6 Å². The predicted molar refractivity (Wildman–Crippen MR) is 90.3 cm³/mol. The van der Waals surface area contributed by atoms with Crippen LogP contribution >= 0.6 is 0 Å². The predicted octanol–water partition coefficient (Wildman–Crippen LogP) is 2.92. The second-order valence-corrected chi connectivity index (χ2v) is 8.43. The van der Waals surface area contributed by atoms with E-state index in [1.807, 2.05) is 0 Å². The Balaban J connectivity index is 2.45. The molecule has 1 aliphatic rings. The molecule has 0 spiro atoms. The van der Waals surface area contributed by atoms with Gasteiger partial charge in [0.15, 0.2) is 5.03 Å². The highest BCUT2D eigenvalue weighted by Gasteiger charge is 2.39. The minimum atomic E-state index is -4.24. The summed E-state index contributed by atoms with van der Waals surface area (Å²) in [7, 11) is -4.24. The maximum Gasteiger partial charge on any atom is 0.305 e. The van der Waals surface area contributed by atoms with Gasteiger partial charge in [-0.1, -0.05) is 6.07 Å². The lowest BCUT2D eigenvalue weighted by Gasteiger charge is -2.19. The molecule has 1 atom stereocenters. The first-order chi connectivity index (χ1) is 12.1. The van der Waals surface area contributed by atoms with Gasteiger partial charge in [0.05, 0.1) is 11.9 Å². The highest BCUT2D eigenvalue weighted by Crippen LogP contribution is 2.37. The first kappa shape index (κ1) is 20.3. The number of esters is 1. The number of halogens is 2. The van der Waals surface area contributed by atoms with E-state index in [-0.39, 0.29) is 24.5 Å². The molecule has 1 aliphatic heterocycles. The van der Waals surface area contributed by atoms with Crippen LogP contribution < -0.4 is 5.48 Å². The summed E-state index contributed by atoms with van der Waals surface area (Å²) in [5.41, 5.74) is 0.793. The molecule has 0 amide bonds. The minimum Gasteiger partial charge on any atom is -0.466 e. The number of carbonyl (C=O) groups is 1. The zero-order valence-corrected chi connectivity index (χ0v) is 15.5. The van der Waals surface area contributed by atoms with Gasteiger partial charge in [0.25, 0.3) is 0 Å². The molecule has 1 aromatic rings. The van der Waals surface area contributed by atoms with E-state index >= 15 is 0 Å². The van der Waals surface area contributed by atoms with Gasteiger partial charge in [-0.3, -0.25) is 15.1 Å². The molecule has 6 nitrogen and oxygen atoms in total. The van der Waals surface area contributed by atoms with E-state index in [2.05, 4.69) is 5.48 Å². The molecule has 0 fully saturated rings. The van der Waals surface area contributed by atoms with E-state index < -0.39 is 43.9 Å². The van der Waals surface area contributed by atoms with Crippen LogP contribution in [0.2, 0.25) is 0 Å². The fourth-order valence-corrected chi connectivity index (χ4v) is 4.48. The molecule has 1 aromatic carbocycles. The van der Waals surface area contributed by atoms with Crippen molar-refractivity contribution < 1.29 is 31.6 Å². The van der Waals surface area contributed by atoms with Crippen LogP contribution in [0.25, 0.3) is 0 Å². The lowest BCUT2D eigenvalue weighted by atomic mass is 10.1. The summed E-state index contributed by atoms with van der Waals surface area (Å²) in [5, 5.41) is -1.90. The molecule has 0 aliphatic carbocycles. The van der Waals surface area contributed by atoms with Crippen LogP contribution in [0.1, 0.15) is 44.4 Å². The lowest BCUT2D eigenvalue weighted by Crippen LogP contribution is -2.25. The van der Waals surface area contributed by atoms with Crippen molar-refractivity contribution in [2.45, 2.75) is 44.5 Å². The maximum atomic E-state index is 14.3. The fourth-order valence-electron chi connectivity index (χ4n) is 2.60. The number of benzene rings is 1. The number of hydrogen-bond donors (Lipinski definition) is 1. The Labute approximate surface area is 151 Å². The summed E-state index contributed by atoms with van der Waals surface area (Å²) in [4.78, 5) is 16.8. The molecule has 26 heavy (non-hydrogen) atoms. The highest BCUT2D eigenvalue weighted by atomic mass is 32.2. The third-order valence-corrected chi connectivity index (χ3v) is 5.85. The van der Waals surface area contributed by atoms with Crippen LogP contribution in [-0.2, 0) is 24.2 Å². The van der Waals surface area contributed by atoms with Gasteiger partial charge in [-0.05, 0) is 45.4 Å². The molecule has 0 saturated carbocycles. The third kappa shape index (κ3) is 4.39. The highest BCUT2D eigenvalue weighted by molar-refractivity contribution is 7.95. The molecule has 0 aromatic heterocycles. The lowest BCUT2D eigenvalue weighted by molar-refractivity contribution is -0.143. The minimum absolute atomic E-state index is 0.124. The average molecular weight is 389 g/mol. The molecule has 1 unspecified atom stereocenters. The van der Waals surface area contributed by atoms with E-state index in [4.69, 9.17) is 9.57 Å². The summed E-state index contributed by atoms with van der Waals surface area (Å²) in [6.07, 6.45) is 0.681. The van der Waals surface area contributed by atoms with Crippen molar-refractivity contribution in [2.75, 3.05) is 6.61 Å². The van der Waals surface area contributed by atoms with Crippen LogP contribution in [0.15, 0.2) is 29.3 Å². The van der Waals surface area contributed by atoms with Gasteiger partial charge in [-0.2, -0.15) is 0 Å². The summed E-state index contributed by atoms with van der Waals surface area (Å²) in [6.45, 7) is 4.98.